The van der Waals surface area contributed by atoms with Gasteiger partial charge in [-0.15, -0.1) is 0 Å². The number of fused-ring (bicyclic) bond motifs is 1. The molecule has 2 aromatic carbocycles. The van der Waals surface area contributed by atoms with Gasteiger partial charge in [-0.1, -0.05) is 54.9 Å². The molecule has 2 aromatic rings. The maximum absolute atomic E-state index is 6.11. The van der Waals surface area contributed by atoms with Crippen LogP contribution in [0.25, 0.3) is 0 Å². The monoisotopic (exact) mass is 242 g/mol. The molecule has 17 heavy (non-hydrogen) atoms. The molecule has 86 valence electrons. The van der Waals surface area contributed by atoms with Crippen LogP contribution in [0.3, 0.4) is 0 Å². The van der Waals surface area contributed by atoms with E-state index in [0.29, 0.717) is 0 Å². The molecule has 0 saturated carbocycles. The Morgan fingerprint density at radius 2 is 1.88 bits per heavy atom. The zero-order valence-corrected chi connectivity index (χ0v) is 10.7. The average molecular weight is 243 g/mol. The first-order valence-electron chi connectivity index (χ1n) is 6.04. The lowest BCUT2D eigenvalue weighted by Crippen LogP contribution is -2.19. The van der Waals surface area contributed by atoms with E-state index in [1.807, 2.05) is 12.1 Å². The van der Waals surface area contributed by atoms with Crippen LogP contribution in [0, 0.1) is 0 Å². The molecule has 0 fully saturated rings. The Hall–Kier alpha value is -1.27. The fourth-order valence-electron chi connectivity index (χ4n) is 2.93. The van der Waals surface area contributed by atoms with Crippen LogP contribution in [-0.4, -0.2) is 0 Å². The van der Waals surface area contributed by atoms with Gasteiger partial charge in [0.1, 0.15) is 0 Å². The van der Waals surface area contributed by atoms with Crippen LogP contribution in [0.1, 0.15) is 30.0 Å². The van der Waals surface area contributed by atoms with Crippen molar-refractivity contribution in [1.82, 2.24) is 0 Å². The summed E-state index contributed by atoms with van der Waals surface area (Å²) in [6.07, 6.45) is 2.34. The predicted octanol–water partition coefficient (Wildman–Crippen LogP) is 4.59. The van der Waals surface area contributed by atoms with Gasteiger partial charge in [-0.3, -0.25) is 0 Å². The van der Waals surface area contributed by atoms with Gasteiger partial charge in [-0.05, 0) is 41.7 Å². The smallest absolute Gasteiger partial charge is 0.0409 e. The summed E-state index contributed by atoms with van der Waals surface area (Å²) in [7, 11) is 0. The lowest BCUT2D eigenvalue weighted by Gasteiger charge is -2.26. The molecule has 0 spiro atoms. The Kier molecular flexibility index (Phi) is 2.48. The Balaban J connectivity index is 2.15. The molecule has 3 rings (SSSR count). The van der Waals surface area contributed by atoms with Crippen molar-refractivity contribution in [2.45, 2.75) is 25.2 Å². The topological polar surface area (TPSA) is 0 Å². The highest BCUT2D eigenvalue weighted by Gasteiger charge is 2.35. The summed E-state index contributed by atoms with van der Waals surface area (Å²) in [4.78, 5) is 0. The Labute approximate surface area is 107 Å². The van der Waals surface area contributed by atoms with Crippen LogP contribution in [0.15, 0.2) is 48.5 Å². The first kappa shape index (κ1) is 10.9. The maximum atomic E-state index is 6.11. The van der Waals surface area contributed by atoms with Crippen LogP contribution in [0.2, 0.25) is 5.02 Å². The average Bonchev–Trinajstić information content (AvgIpc) is 2.69. The second-order valence-corrected chi connectivity index (χ2v) is 5.44. The number of aryl methyl sites for hydroxylation is 1. The number of halogens is 1. The van der Waals surface area contributed by atoms with Gasteiger partial charge in [0.25, 0.3) is 0 Å². The van der Waals surface area contributed by atoms with Crippen molar-refractivity contribution in [3.63, 3.8) is 0 Å². The molecule has 0 N–H and O–H groups in total. The Morgan fingerprint density at radius 1 is 1.06 bits per heavy atom. The van der Waals surface area contributed by atoms with E-state index in [9.17, 15) is 0 Å². The van der Waals surface area contributed by atoms with Gasteiger partial charge in [0, 0.05) is 10.4 Å². The molecule has 0 bridgehead atoms. The van der Waals surface area contributed by atoms with Gasteiger partial charge < -0.3 is 0 Å². The SMILES string of the molecule is CC1(c2cccc(Cl)c2)CCc2ccccc21. The molecule has 0 aromatic heterocycles. The van der Waals surface area contributed by atoms with E-state index in [1.54, 1.807) is 0 Å². The van der Waals surface area contributed by atoms with Crippen molar-refractivity contribution < 1.29 is 0 Å². The summed E-state index contributed by atoms with van der Waals surface area (Å²) < 4.78 is 0. The van der Waals surface area contributed by atoms with Crippen LogP contribution in [0.5, 0.6) is 0 Å². The Bertz CT molecular complexity index is 559. The van der Waals surface area contributed by atoms with E-state index >= 15 is 0 Å². The quantitative estimate of drug-likeness (QED) is 0.686. The largest absolute Gasteiger partial charge is 0.0843 e. The first-order valence-corrected chi connectivity index (χ1v) is 6.42. The third kappa shape index (κ3) is 1.68. The van der Waals surface area contributed by atoms with E-state index in [2.05, 4.69) is 43.3 Å². The third-order valence-electron chi connectivity index (χ3n) is 3.97. The lowest BCUT2D eigenvalue weighted by atomic mass is 9.77. The van der Waals surface area contributed by atoms with Gasteiger partial charge in [-0.25, -0.2) is 0 Å². The van der Waals surface area contributed by atoms with Gasteiger partial charge in [-0.2, -0.15) is 0 Å². The fraction of sp³-hybridized carbons (Fsp3) is 0.250. The molecule has 0 nitrogen and oxygen atoms in total. The van der Waals surface area contributed by atoms with Crippen molar-refractivity contribution in [3.8, 4) is 0 Å². The van der Waals surface area contributed by atoms with E-state index in [1.165, 1.54) is 29.5 Å². The lowest BCUT2D eigenvalue weighted by molar-refractivity contribution is 0.566. The molecule has 0 heterocycles. The number of benzene rings is 2. The number of hydrogen-bond donors (Lipinski definition) is 0. The van der Waals surface area contributed by atoms with Gasteiger partial charge >= 0.3 is 0 Å². The molecule has 1 aliphatic rings. The molecular weight excluding hydrogens is 228 g/mol. The summed E-state index contributed by atoms with van der Waals surface area (Å²) in [6.45, 7) is 2.32. The summed E-state index contributed by atoms with van der Waals surface area (Å²) in [5, 5.41) is 0.827. The molecular formula is C16H15Cl. The van der Waals surface area contributed by atoms with Gasteiger partial charge in [0.05, 0.1) is 0 Å². The van der Waals surface area contributed by atoms with Crippen LogP contribution in [0.4, 0.5) is 0 Å². The molecule has 0 radical (unpaired) electrons. The highest BCUT2D eigenvalue weighted by atomic mass is 35.5. The maximum Gasteiger partial charge on any atom is 0.0409 e. The van der Waals surface area contributed by atoms with E-state index in [-0.39, 0.29) is 5.41 Å². The standard InChI is InChI=1S/C16H15Cl/c1-16(13-6-4-7-14(17)11-13)10-9-12-5-2-3-8-15(12)16/h2-8,11H,9-10H2,1H3. The summed E-state index contributed by atoms with van der Waals surface area (Å²) in [6, 6.07) is 17.0. The van der Waals surface area contributed by atoms with Gasteiger partial charge in [0.2, 0.25) is 0 Å². The van der Waals surface area contributed by atoms with Crippen molar-refractivity contribution in [3.05, 3.63) is 70.2 Å². The molecule has 1 atom stereocenters. The molecule has 1 aliphatic carbocycles. The summed E-state index contributed by atoms with van der Waals surface area (Å²) in [5.74, 6) is 0. The molecule has 0 amide bonds. The van der Waals surface area contributed by atoms with Crippen molar-refractivity contribution in [1.29, 1.82) is 0 Å². The fourth-order valence-corrected chi connectivity index (χ4v) is 3.12. The minimum Gasteiger partial charge on any atom is -0.0843 e. The van der Waals surface area contributed by atoms with Crippen LogP contribution < -0.4 is 0 Å². The minimum absolute atomic E-state index is 0.126. The molecule has 0 aliphatic heterocycles. The van der Waals surface area contributed by atoms with Crippen molar-refractivity contribution >= 4 is 11.6 Å². The van der Waals surface area contributed by atoms with E-state index < -0.39 is 0 Å². The highest BCUT2D eigenvalue weighted by Crippen LogP contribution is 2.43. The predicted molar refractivity (Wildman–Crippen MR) is 72.7 cm³/mol. The number of hydrogen-bond acceptors (Lipinski definition) is 0. The normalized spacial score (nSPS) is 22.5. The van der Waals surface area contributed by atoms with Crippen LogP contribution in [-0.2, 0) is 11.8 Å². The van der Waals surface area contributed by atoms with E-state index in [0.717, 1.165) is 5.02 Å². The summed E-state index contributed by atoms with van der Waals surface area (Å²) >= 11 is 6.11. The third-order valence-corrected chi connectivity index (χ3v) is 4.20. The zero-order chi connectivity index (χ0) is 11.9. The van der Waals surface area contributed by atoms with Crippen molar-refractivity contribution in [2.24, 2.45) is 0 Å². The zero-order valence-electron chi connectivity index (χ0n) is 9.91. The second kappa shape index (κ2) is 3.89. The van der Waals surface area contributed by atoms with Crippen molar-refractivity contribution in [2.75, 3.05) is 0 Å². The number of rotatable bonds is 1. The highest BCUT2D eigenvalue weighted by molar-refractivity contribution is 6.30. The second-order valence-electron chi connectivity index (χ2n) is 5.00. The minimum atomic E-state index is 0.126. The molecule has 0 saturated heterocycles. The molecule has 1 heteroatoms. The molecule has 1 unspecified atom stereocenters. The first-order chi connectivity index (χ1) is 8.20. The summed E-state index contributed by atoms with van der Waals surface area (Å²) in [5.41, 5.74) is 4.40. The van der Waals surface area contributed by atoms with E-state index in [4.69, 9.17) is 11.6 Å². The van der Waals surface area contributed by atoms with Crippen LogP contribution >= 0.6 is 11.6 Å². The van der Waals surface area contributed by atoms with Gasteiger partial charge in [0.15, 0.2) is 0 Å². The Morgan fingerprint density at radius 3 is 2.71 bits per heavy atom.